The standard InChI is InChI=1S/C16H21N3O3/c1-20-12-8-10(9-13(21-2)15(12)22-3)14-11-6-4-5-7-17-16(11)19-18-14/h8-9H,4-7H2,1-3H3,(H2,17,18,19). The third-order valence-electron chi connectivity index (χ3n) is 3.97. The smallest absolute Gasteiger partial charge is 0.203 e. The average Bonchev–Trinajstić information content (AvgIpc) is 2.81. The molecule has 0 amide bonds. The van der Waals surface area contributed by atoms with Crippen LogP contribution < -0.4 is 19.5 Å². The van der Waals surface area contributed by atoms with E-state index in [-0.39, 0.29) is 0 Å². The minimum Gasteiger partial charge on any atom is -0.493 e. The summed E-state index contributed by atoms with van der Waals surface area (Å²) in [6, 6.07) is 3.89. The molecule has 0 atom stereocenters. The summed E-state index contributed by atoms with van der Waals surface area (Å²) in [7, 11) is 4.85. The van der Waals surface area contributed by atoms with Crippen LogP contribution >= 0.6 is 0 Å². The maximum Gasteiger partial charge on any atom is 0.203 e. The molecule has 6 heteroatoms. The van der Waals surface area contributed by atoms with Crippen LogP contribution in [0.3, 0.4) is 0 Å². The quantitative estimate of drug-likeness (QED) is 0.909. The lowest BCUT2D eigenvalue weighted by Gasteiger charge is -2.14. The molecule has 2 N–H and O–H groups in total. The van der Waals surface area contributed by atoms with Crippen LogP contribution in [-0.4, -0.2) is 38.1 Å². The summed E-state index contributed by atoms with van der Waals surface area (Å²) in [5, 5.41) is 10.9. The van der Waals surface area contributed by atoms with Gasteiger partial charge in [-0.25, -0.2) is 0 Å². The normalized spacial score (nSPS) is 13.8. The number of nitrogens with zero attached hydrogens (tertiary/aromatic N) is 1. The van der Waals surface area contributed by atoms with Crippen molar-refractivity contribution in [3.63, 3.8) is 0 Å². The number of aromatic nitrogens is 2. The summed E-state index contributed by atoms with van der Waals surface area (Å²) in [5.74, 6) is 2.82. The monoisotopic (exact) mass is 303 g/mol. The Kier molecular flexibility index (Phi) is 4.09. The third-order valence-corrected chi connectivity index (χ3v) is 3.97. The first-order valence-corrected chi connectivity index (χ1v) is 7.40. The maximum atomic E-state index is 5.43. The van der Waals surface area contributed by atoms with Gasteiger partial charge >= 0.3 is 0 Å². The van der Waals surface area contributed by atoms with Crippen molar-refractivity contribution < 1.29 is 14.2 Å². The number of fused-ring (bicyclic) bond motifs is 1. The van der Waals surface area contributed by atoms with E-state index in [9.17, 15) is 0 Å². The highest BCUT2D eigenvalue weighted by Gasteiger charge is 2.20. The molecule has 1 aromatic heterocycles. The van der Waals surface area contributed by atoms with Crippen LogP contribution in [0.5, 0.6) is 17.2 Å². The van der Waals surface area contributed by atoms with Gasteiger partial charge in [0.2, 0.25) is 5.75 Å². The van der Waals surface area contributed by atoms with E-state index in [0.29, 0.717) is 17.2 Å². The molecule has 2 aromatic rings. The van der Waals surface area contributed by atoms with Crippen LogP contribution in [0.1, 0.15) is 18.4 Å². The molecule has 0 unspecified atom stereocenters. The van der Waals surface area contributed by atoms with E-state index in [1.165, 1.54) is 5.56 Å². The lowest BCUT2D eigenvalue weighted by Crippen LogP contribution is -1.99. The van der Waals surface area contributed by atoms with Crippen LogP contribution in [0.2, 0.25) is 0 Å². The van der Waals surface area contributed by atoms with E-state index < -0.39 is 0 Å². The highest BCUT2D eigenvalue weighted by Crippen LogP contribution is 2.42. The Hall–Kier alpha value is -2.37. The van der Waals surface area contributed by atoms with E-state index in [4.69, 9.17) is 14.2 Å². The van der Waals surface area contributed by atoms with E-state index in [0.717, 1.165) is 42.9 Å². The zero-order chi connectivity index (χ0) is 15.5. The van der Waals surface area contributed by atoms with Crippen LogP contribution in [0.4, 0.5) is 5.82 Å². The SMILES string of the molecule is COc1cc(-c2[nH]nc3c2CCCCN3)cc(OC)c1OC. The minimum absolute atomic E-state index is 0.595. The lowest BCUT2D eigenvalue weighted by molar-refractivity contribution is 0.324. The van der Waals surface area contributed by atoms with Gasteiger partial charge in [0.1, 0.15) is 0 Å². The van der Waals surface area contributed by atoms with Crippen LogP contribution in [0, 0.1) is 0 Å². The van der Waals surface area contributed by atoms with E-state index in [2.05, 4.69) is 15.5 Å². The second kappa shape index (κ2) is 6.17. The van der Waals surface area contributed by atoms with Crippen molar-refractivity contribution in [1.82, 2.24) is 10.2 Å². The summed E-state index contributed by atoms with van der Waals surface area (Å²) in [6.45, 7) is 0.965. The van der Waals surface area contributed by atoms with Gasteiger partial charge in [0, 0.05) is 17.7 Å². The Balaban J connectivity index is 2.11. The largest absolute Gasteiger partial charge is 0.493 e. The molecule has 0 fully saturated rings. The van der Waals surface area contributed by atoms with Crippen LogP contribution in [0.25, 0.3) is 11.3 Å². The van der Waals surface area contributed by atoms with Gasteiger partial charge in [0.05, 0.1) is 27.0 Å². The predicted molar refractivity (Wildman–Crippen MR) is 85.1 cm³/mol. The Morgan fingerprint density at radius 2 is 1.73 bits per heavy atom. The molecule has 0 aliphatic carbocycles. The summed E-state index contributed by atoms with van der Waals surface area (Å²) >= 11 is 0. The maximum absolute atomic E-state index is 5.43. The number of hydrogen-bond acceptors (Lipinski definition) is 5. The van der Waals surface area contributed by atoms with Gasteiger partial charge in [-0.05, 0) is 31.4 Å². The fraction of sp³-hybridized carbons (Fsp3) is 0.438. The summed E-state index contributed by atoms with van der Waals surface area (Å²) in [5.41, 5.74) is 3.20. The van der Waals surface area contributed by atoms with Gasteiger partial charge < -0.3 is 19.5 Å². The highest BCUT2D eigenvalue weighted by atomic mass is 16.5. The first kappa shape index (κ1) is 14.6. The molecule has 0 saturated carbocycles. The Morgan fingerprint density at radius 3 is 2.36 bits per heavy atom. The van der Waals surface area contributed by atoms with Crippen molar-refractivity contribution in [3.05, 3.63) is 17.7 Å². The molecule has 0 saturated heterocycles. The molecule has 22 heavy (non-hydrogen) atoms. The van der Waals surface area contributed by atoms with Crippen molar-refractivity contribution in [3.8, 4) is 28.5 Å². The highest BCUT2D eigenvalue weighted by molar-refractivity contribution is 5.74. The van der Waals surface area contributed by atoms with Gasteiger partial charge in [0.25, 0.3) is 0 Å². The fourth-order valence-corrected chi connectivity index (χ4v) is 2.85. The first-order chi connectivity index (χ1) is 10.8. The number of hydrogen-bond donors (Lipinski definition) is 2. The average molecular weight is 303 g/mol. The fourth-order valence-electron chi connectivity index (χ4n) is 2.85. The number of methoxy groups -OCH3 is 3. The number of H-pyrrole nitrogens is 1. The van der Waals surface area contributed by atoms with E-state index in [1.807, 2.05) is 12.1 Å². The summed E-state index contributed by atoms with van der Waals surface area (Å²) < 4.78 is 16.2. The molecule has 1 aliphatic rings. The molecule has 0 bridgehead atoms. The Morgan fingerprint density at radius 1 is 1.00 bits per heavy atom. The number of aromatic amines is 1. The van der Waals surface area contributed by atoms with Crippen molar-refractivity contribution >= 4 is 5.82 Å². The predicted octanol–water partition coefficient (Wildman–Crippen LogP) is 2.85. The Bertz CT molecular complexity index is 642. The molecule has 6 nitrogen and oxygen atoms in total. The molecule has 0 spiro atoms. The molecular formula is C16H21N3O3. The third kappa shape index (κ3) is 2.45. The first-order valence-electron chi connectivity index (χ1n) is 7.40. The Labute approximate surface area is 129 Å². The second-order valence-electron chi connectivity index (χ2n) is 5.22. The molecule has 3 rings (SSSR count). The molecule has 0 radical (unpaired) electrons. The number of anilines is 1. The topological polar surface area (TPSA) is 68.4 Å². The van der Waals surface area contributed by atoms with E-state index >= 15 is 0 Å². The van der Waals surface area contributed by atoms with E-state index in [1.54, 1.807) is 21.3 Å². The number of benzene rings is 1. The van der Waals surface area contributed by atoms with Crippen molar-refractivity contribution in [1.29, 1.82) is 0 Å². The van der Waals surface area contributed by atoms with Gasteiger partial charge in [-0.1, -0.05) is 0 Å². The van der Waals surface area contributed by atoms with Crippen molar-refractivity contribution in [2.75, 3.05) is 33.2 Å². The van der Waals surface area contributed by atoms with Gasteiger partial charge in [-0.2, -0.15) is 5.10 Å². The number of nitrogens with one attached hydrogen (secondary N) is 2. The zero-order valence-electron chi connectivity index (χ0n) is 13.2. The van der Waals surface area contributed by atoms with Gasteiger partial charge in [-0.3, -0.25) is 5.10 Å². The number of ether oxygens (including phenoxy) is 3. The lowest BCUT2D eigenvalue weighted by atomic mass is 10.0. The molecule has 1 aliphatic heterocycles. The minimum atomic E-state index is 0.595. The van der Waals surface area contributed by atoms with Crippen molar-refractivity contribution in [2.24, 2.45) is 0 Å². The van der Waals surface area contributed by atoms with Crippen molar-refractivity contribution in [2.45, 2.75) is 19.3 Å². The molecular weight excluding hydrogens is 282 g/mol. The van der Waals surface area contributed by atoms with Gasteiger partial charge in [-0.15, -0.1) is 0 Å². The van der Waals surface area contributed by atoms with Gasteiger partial charge in [0.15, 0.2) is 17.3 Å². The zero-order valence-corrected chi connectivity index (χ0v) is 13.2. The van der Waals surface area contributed by atoms with Crippen LogP contribution in [-0.2, 0) is 6.42 Å². The summed E-state index contributed by atoms with van der Waals surface area (Å²) in [6.07, 6.45) is 3.31. The van der Waals surface area contributed by atoms with Crippen LogP contribution in [0.15, 0.2) is 12.1 Å². The summed E-state index contributed by atoms with van der Waals surface area (Å²) in [4.78, 5) is 0. The molecule has 1 aromatic carbocycles. The molecule has 118 valence electrons. The second-order valence-corrected chi connectivity index (χ2v) is 5.22. The molecule has 2 heterocycles. The number of rotatable bonds is 4.